The van der Waals surface area contributed by atoms with Crippen molar-refractivity contribution in [3.8, 4) is 5.75 Å². The number of amides is 1. The van der Waals surface area contributed by atoms with Crippen molar-refractivity contribution >= 4 is 28.1 Å². The molecule has 4 aromatic rings. The number of rotatable bonds is 5. The monoisotopic (exact) mass is 420 g/mol. The van der Waals surface area contributed by atoms with Gasteiger partial charge in [0.1, 0.15) is 11.4 Å². The number of nitrogens with one attached hydrogen (secondary N) is 1. The van der Waals surface area contributed by atoms with Gasteiger partial charge in [-0.25, -0.2) is 9.50 Å². The van der Waals surface area contributed by atoms with E-state index in [1.165, 1.54) is 0 Å². The van der Waals surface area contributed by atoms with E-state index >= 15 is 0 Å². The van der Waals surface area contributed by atoms with Crippen LogP contribution in [0.4, 0.5) is 5.69 Å². The molecule has 0 bridgehead atoms. The first-order chi connectivity index (χ1) is 15.1. The van der Waals surface area contributed by atoms with E-state index in [9.17, 15) is 4.79 Å². The predicted octanol–water partition coefficient (Wildman–Crippen LogP) is 3.47. The molecule has 1 atom stereocenters. The summed E-state index contributed by atoms with van der Waals surface area (Å²) in [6.45, 7) is 5.31. The molecule has 5 rings (SSSR count). The molecule has 0 unspecified atom stereocenters. The molecule has 1 saturated heterocycles. The van der Waals surface area contributed by atoms with Crippen molar-refractivity contribution in [3.63, 3.8) is 0 Å². The van der Waals surface area contributed by atoms with Crippen molar-refractivity contribution in [3.05, 3.63) is 48.5 Å². The van der Waals surface area contributed by atoms with Gasteiger partial charge in [-0.3, -0.25) is 9.48 Å². The molecule has 1 amide bonds. The summed E-state index contributed by atoms with van der Waals surface area (Å²) in [7, 11) is 0. The molecule has 1 N–H and O–H groups in total. The average molecular weight is 420 g/mol. The van der Waals surface area contributed by atoms with E-state index in [-0.39, 0.29) is 18.1 Å². The van der Waals surface area contributed by atoms with E-state index in [0.717, 1.165) is 30.4 Å². The Morgan fingerprint density at radius 3 is 3.06 bits per heavy atom. The molecule has 9 heteroatoms. The maximum absolute atomic E-state index is 13.2. The minimum absolute atomic E-state index is 0.0866. The Bertz CT molecular complexity index is 1240. The maximum Gasteiger partial charge on any atom is 0.259 e. The van der Waals surface area contributed by atoms with Crippen LogP contribution >= 0.6 is 0 Å². The first-order valence-electron chi connectivity index (χ1n) is 10.5. The fourth-order valence-corrected chi connectivity index (χ4v) is 3.82. The van der Waals surface area contributed by atoms with E-state index in [4.69, 9.17) is 14.6 Å². The van der Waals surface area contributed by atoms with Gasteiger partial charge in [0.2, 0.25) is 0 Å². The molecule has 1 aliphatic rings. The Kier molecular flexibility index (Phi) is 5.03. The van der Waals surface area contributed by atoms with Crippen LogP contribution in [0.5, 0.6) is 5.75 Å². The topological polar surface area (TPSA) is 95.6 Å². The highest BCUT2D eigenvalue weighted by Crippen LogP contribution is 2.29. The quantitative estimate of drug-likeness (QED) is 0.531. The molecule has 1 fully saturated rings. The zero-order valence-electron chi connectivity index (χ0n) is 17.5. The van der Waals surface area contributed by atoms with Crippen LogP contribution in [-0.2, 0) is 4.74 Å². The number of carbonyl (C=O) groups excluding carboxylic acids is 1. The summed E-state index contributed by atoms with van der Waals surface area (Å²) in [5.74, 6) is 0.210. The number of anilines is 1. The molecular weight excluding hydrogens is 396 g/mol. The Labute approximate surface area is 179 Å². The number of ether oxygens (including phenoxy) is 2. The molecule has 1 aromatic carbocycles. The molecular formula is C22H24N6O3. The van der Waals surface area contributed by atoms with Crippen molar-refractivity contribution in [2.24, 2.45) is 0 Å². The molecule has 160 valence electrons. The lowest BCUT2D eigenvalue weighted by Crippen LogP contribution is -2.21. The van der Waals surface area contributed by atoms with E-state index in [1.807, 2.05) is 36.9 Å². The van der Waals surface area contributed by atoms with Gasteiger partial charge in [-0.1, -0.05) is 0 Å². The van der Waals surface area contributed by atoms with E-state index in [2.05, 4.69) is 15.4 Å². The van der Waals surface area contributed by atoms with Crippen molar-refractivity contribution in [2.45, 2.75) is 38.8 Å². The second-order valence-corrected chi connectivity index (χ2v) is 7.95. The van der Waals surface area contributed by atoms with Crippen LogP contribution in [0.1, 0.15) is 43.1 Å². The standard InChI is InChI=1S/C22H24N6O3/c1-14(2)31-20-10-18-15(12-28(26-18)16-5-3-8-30-13-16)9-17(20)22(29)25-19-11-24-27-7-4-6-23-21(19)27/h4,6-7,9-12,14,16H,3,5,8,13H2,1-2H3,(H,25,29)/t16-/m0/s1. The molecule has 9 nitrogen and oxygen atoms in total. The maximum atomic E-state index is 13.2. The van der Waals surface area contributed by atoms with Crippen molar-refractivity contribution in [1.82, 2.24) is 24.4 Å². The van der Waals surface area contributed by atoms with Gasteiger partial charge in [-0.2, -0.15) is 10.2 Å². The van der Waals surface area contributed by atoms with Crippen molar-refractivity contribution < 1.29 is 14.3 Å². The Morgan fingerprint density at radius 1 is 1.35 bits per heavy atom. The number of benzene rings is 1. The highest BCUT2D eigenvalue weighted by Gasteiger charge is 2.21. The summed E-state index contributed by atoms with van der Waals surface area (Å²) >= 11 is 0. The third-order valence-electron chi connectivity index (χ3n) is 5.27. The lowest BCUT2D eigenvalue weighted by molar-refractivity contribution is 0.0552. The van der Waals surface area contributed by atoms with E-state index in [1.54, 1.807) is 29.2 Å². The third-order valence-corrected chi connectivity index (χ3v) is 5.27. The Hall–Kier alpha value is -3.46. The van der Waals surface area contributed by atoms with Gasteiger partial charge in [0.05, 0.1) is 36.0 Å². The van der Waals surface area contributed by atoms with Crippen LogP contribution in [0.2, 0.25) is 0 Å². The average Bonchev–Trinajstić information content (AvgIpc) is 3.37. The van der Waals surface area contributed by atoms with E-state index in [0.29, 0.717) is 29.3 Å². The normalized spacial score (nSPS) is 16.8. The Morgan fingerprint density at radius 2 is 2.26 bits per heavy atom. The van der Waals surface area contributed by atoms with Crippen LogP contribution < -0.4 is 10.1 Å². The first-order valence-corrected chi connectivity index (χ1v) is 10.5. The third kappa shape index (κ3) is 3.84. The summed E-state index contributed by atoms with van der Waals surface area (Å²) in [4.78, 5) is 17.5. The number of hydrogen-bond donors (Lipinski definition) is 1. The summed E-state index contributed by atoms with van der Waals surface area (Å²) in [6, 6.07) is 5.65. The smallest absolute Gasteiger partial charge is 0.259 e. The van der Waals surface area contributed by atoms with Crippen LogP contribution in [0.15, 0.2) is 43.0 Å². The van der Waals surface area contributed by atoms with Gasteiger partial charge >= 0.3 is 0 Å². The van der Waals surface area contributed by atoms with Gasteiger partial charge in [0, 0.05) is 36.7 Å². The SMILES string of the molecule is CC(C)Oc1cc2nn([C@H]3CCCOC3)cc2cc1C(=O)Nc1cnn2cccnc12. The van der Waals surface area contributed by atoms with Gasteiger partial charge in [0.15, 0.2) is 5.65 Å². The zero-order chi connectivity index (χ0) is 21.4. The fourth-order valence-electron chi connectivity index (χ4n) is 3.82. The van der Waals surface area contributed by atoms with Gasteiger partial charge < -0.3 is 14.8 Å². The van der Waals surface area contributed by atoms with Gasteiger partial charge in [-0.15, -0.1) is 0 Å². The lowest BCUT2D eigenvalue weighted by atomic mass is 10.1. The lowest BCUT2D eigenvalue weighted by Gasteiger charge is -2.22. The Balaban J connectivity index is 1.51. The molecule has 4 heterocycles. The minimum Gasteiger partial charge on any atom is -0.490 e. The largest absolute Gasteiger partial charge is 0.490 e. The highest BCUT2D eigenvalue weighted by atomic mass is 16.5. The molecule has 0 saturated carbocycles. The minimum atomic E-state index is -0.285. The summed E-state index contributed by atoms with van der Waals surface area (Å²) in [6.07, 6.45) is 8.96. The number of nitrogens with zero attached hydrogens (tertiary/aromatic N) is 5. The number of aromatic nitrogens is 5. The first kappa shape index (κ1) is 19.5. The summed E-state index contributed by atoms with van der Waals surface area (Å²) < 4.78 is 15.1. The van der Waals surface area contributed by atoms with Crippen LogP contribution in [0.3, 0.4) is 0 Å². The van der Waals surface area contributed by atoms with E-state index < -0.39 is 0 Å². The summed E-state index contributed by atoms with van der Waals surface area (Å²) in [5.41, 5.74) is 2.34. The molecule has 1 aliphatic heterocycles. The number of hydrogen-bond acceptors (Lipinski definition) is 6. The number of fused-ring (bicyclic) bond motifs is 2. The second kappa shape index (κ2) is 7.99. The number of carbonyl (C=O) groups is 1. The van der Waals surface area contributed by atoms with Crippen molar-refractivity contribution in [2.75, 3.05) is 18.5 Å². The summed E-state index contributed by atoms with van der Waals surface area (Å²) in [5, 5.41) is 12.7. The molecule has 0 radical (unpaired) electrons. The van der Waals surface area contributed by atoms with Gasteiger partial charge in [-0.05, 0) is 38.8 Å². The second-order valence-electron chi connectivity index (χ2n) is 7.95. The van der Waals surface area contributed by atoms with Crippen LogP contribution in [-0.4, -0.2) is 49.6 Å². The van der Waals surface area contributed by atoms with Crippen LogP contribution in [0.25, 0.3) is 16.6 Å². The molecule has 31 heavy (non-hydrogen) atoms. The van der Waals surface area contributed by atoms with Gasteiger partial charge in [0.25, 0.3) is 5.91 Å². The zero-order valence-corrected chi connectivity index (χ0v) is 17.5. The van der Waals surface area contributed by atoms with Crippen molar-refractivity contribution in [1.29, 1.82) is 0 Å². The fraction of sp³-hybridized carbons (Fsp3) is 0.364. The predicted molar refractivity (Wildman–Crippen MR) is 116 cm³/mol. The highest BCUT2D eigenvalue weighted by molar-refractivity contribution is 6.09. The molecule has 0 aliphatic carbocycles. The van der Waals surface area contributed by atoms with Crippen LogP contribution in [0, 0.1) is 0 Å². The molecule has 0 spiro atoms. The molecule has 3 aromatic heterocycles.